The number of fused-ring (bicyclic) bond motifs is 2. The first-order chi connectivity index (χ1) is 13.0. The molecule has 0 unspecified atom stereocenters. The van der Waals surface area contributed by atoms with E-state index in [0.717, 1.165) is 39.2 Å². The van der Waals surface area contributed by atoms with E-state index < -0.39 is 10.0 Å². The third-order valence-electron chi connectivity index (χ3n) is 4.36. The van der Waals surface area contributed by atoms with Crippen LogP contribution in [0.15, 0.2) is 66.7 Å². The van der Waals surface area contributed by atoms with E-state index in [0.29, 0.717) is 11.4 Å². The van der Waals surface area contributed by atoms with E-state index in [1.807, 2.05) is 54.6 Å². The number of aromatic nitrogens is 1. The summed E-state index contributed by atoms with van der Waals surface area (Å²) in [5.41, 5.74) is 4.14. The van der Waals surface area contributed by atoms with Crippen molar-refractivity contribution >= 4 is 37.5 Å². The van der Waals surface area contributed by atoms with Crippen molar-refractivity contribution in [3.05, 3.63) is 66.7 Å². The number of nitrogens with one attached hydrogen (secondary N) is 1. The van der Waals surface area contributed by atoms with Gasteiger partial charge in [0.05, 0.1) is 30.1 Å². The Hall–Kier alpha value is -3.12. The van der Waals surface area contributed by atoms with Gasteiger partial charge in [-0.2, -0.15) is 0 Å². The molecule has 0 saturated carbocycles. The van der Waals surface area contributed by atoms with Crippen molar-refractivity contribution < 1.29 is 13.2 Å². The molecular weight excluding hydrogens is 360 g/mol. The fourth-order valence-corrected chi connectivity index (χ4v) is 3.86. The molecular formula is C21H18N2O3S. The second kappa shape index (κ2) is 6.55. The highest BCUT2D eigenvalue weighted by Crippen LogP contribution is 2.40. The van der Waals surface area contributed by atoms with E-state index in [9.17, 15) is 8.42 Å². The van der Waals surface area contributed by atoms with E-state index in [2.05, 4.69) is 4.72 Å². The number of rotatable bonds is 4. The number of para-hydroxylation sites is 2. The van der Waals surface area contributed by atoms with Gasteiger partial charge < -0.3 is 4.74 Å². The summed E-state index contributed by atoms with van der Waals surface area (Å²) < 4.78 is 31.2. The van der Waals surface area contributed by atoms with Gasteiger partial charge in [-0.05, 0) is 24.3 Å². The number of sulfonamides is 1. The highest BCUT2D eigenvalue weighted by atomic mass is 32.2. The van der Waals surface area contributed by atoms with Gasteiger partial charge in [-0.3, -0.25) is 4.72 Å². The molecule has 3 aromatic carbocycles. The number of hydrogen-bond donors (Lipinski definition) is 1. The van der Waals surface area contributed by atoms with Crippen LogP contribution >= 0.6 is 0 Å². The third-order valence-corrected chi connectivity index (χ3v) is 4.97. The summed E-state index contributed by atoms with van der Waals surface area (Å²) >= 11 is 0. The van der Waals surface area contributed by atoms with Crippen LogP contribution in [0.1, 0.15) is 0 Å². The zero-order chi connectivity index (χ0) is 19.0. The lowest BCUT2D eigenvalue weighted by molar-refractivity contribution is 0.417. The van der Waals surface area contributed by atoms with Crippen LogP contribution in [0.3, 0.4) is 0 Å². The van der Waals surface area contributed by atoms with Gasteiger partial charge in [0.25, 0.3) is 0 Å². The minimum absolute atomic E-state index is 0.459. The number of methoxy groups -OCH3 is 1. The van der Waals surface area contributed by atoms with E-state index in [1.165, 1.54) is 0 Å². The Balaban J connectivity index is 2.03. The van der Waals surface area contributed by atoms with E-state index in [-0.39, 0.29) is 0 Å². The van der Waals surface area contributed by atoms with Crippen LogP contribution in [0.4, 0.5) is 5.69 Å². The highest BCUT2D eigenvalue weighted by Gasteiger charge is 2.15. The molecule has 6 heteroatoms. The second-order valence-electron chi connectivity index (χ2n) is 6.31. The first-order valence-corrected chi connectivity index (χ1v) is 10.3. The number of pyridine rings is 1. The van der Waals surface area contributed by atoms with Crippen LogP contribution in [-0.2, 0) is 10.0 Å². The Kier molecular flexibility index (Phi) is 4.20. The van der Waals surface area contributed by atoms with Gasteiger partial charge in [-0.15, -0.1) is 0 Å². The molecule has 0 aliphatic heterocycles. The fourth-order valence-electron chi connectivity index (χ4n) is 3.31. The van der Waals surface area contributed by atoms with E-state index >= 15 is 0 Å². The molecule has 1 N–H and O–H groups in total. The molecule has 0 aliphatic carbocycles. The quantitative estimate of drug-likeness (QED) is 0.533. The standard InChI is InChI=1S/C21H18N2O3S/c1-26-20-13-14(23-27(2,24)25)11-12-17(20)21-15-7-3-5-9-18(15)22-19-10-6-4-8-16(19)21/h3-13,23H,1-2H3. The topological polar surface area (TPSA) is 68.3 Å². The Morgan fingerprint density at radius 3 is 2.04 bits per heavy atom. The molecule has 0 fully saturated rings. The summed E-state index contributed by atoms with van der Waals surface area (Å²) in [4.78, 5) is 4.75. The molecule has 0 aliphatic rings. The van der Waals surface area contributed by atoms with Crippen LogP contribution in [-0.4, -0.2) is 26.8 Å². The number of benzene rings is 3. The third kappa shape index (κ3) is 3.31. The lowest BCUT2D eigenvalue weighted by atomic mass is 9.95. The van der Waals surface area contributed by atoms with Crippen LogP contribution in [0.5, 0.6) is 5.75 Å². The minimum atomic E-state index is -3.36. The van der Waals surface area contributed by atoms with Crippen LogP contribution in [0.2, 0.25) is 0 Å². The maximum absolute atomic E-state index is 11.5. The Labute approximate surface area is 157 Å². The zero-order valence-corrected chi connectivity index (χ0v) is 15.7. The molecule has 27 heavy (non-hydrogen) atoms. The van der Waals surface area contributed by atoms with Gasteiger partial charge in [0.2, 0.25) is 10.0 Å². The summed E-state index contributed by atoms with van der Waals surface area (Å²) in [7, 11) is -1.79. The fraction of sp³-hybridized carbons (Fsp3) is 0.0952. The first kappa shape index (κ1) is 17.3. The molecule has 4 rings (SSSR count). The molecule has 0 atom stereocenters. The van der Waals surface area contributed by atoms with Crippen molar-refractivity contribution in [2.45, 2.75) is 0 Å². The average molecular weight is 378 g/mol. The summed E-state index contributed by atoms with van der Waals surface area (Å²) in [5.74, 6) is 0.588. The van der Waals surface area contributed by atoms with Crippen molar-refractivity contribution in [1.29, 1.82) is 0 Å². The average Bonchev–Trinajstić information content (AvgIpc) is 2.65. The smallest absolute Gasteiger partial charge is 0.229 e. The summed E-state index contributed by atoms with van der Waals surface area (Å²) in [6.07, 6.45) is 1.12. The van der Waals surface area contributed by atoms with E-state index in [1.54, 1.807) is 19.2 Å². The minimum Gasteiger partial charge on any atom is -0.496 e. The number of hydrogen-bond acceptors (Lipinski definition) is 4. The number of nitrogens with zero attached hydrogens (tertiary/aromatic N) is 1. The van der Waals surface area contributed by atoms with Crippen LogP contribution < -0.4 is 9.46 Å². The predicted octanol–water partition coefficient (Wildman–Crippen LogP) is 4.44. The highest BCUT2D eigenvalue weighted by molar-refractivity contribution is 7.92. The van der Waals surface area contributed by atoms with Gasteiger partial charge in [0.1, 0.15) is 5.75 Å². The van der Waals surface area contributed by atoms with Gasteiger partial charge in [0, 0.05) is 28.0 Å². The molecule has 1 aromatic heterocycles. The van der Waals surface area contributed by atoms with Gasteiger partial charge in [-0.25, -0.2) is 13.4 Å². The number of anilines is 1. The largest absolute Gasteiger partial charge is 0.496 e. The predicted molar refractivity (Wildman–Crippen MR) is 110 cm³/mol. The van der Waals surface area contributed by atoms with Gasteiger partial charge in [-0.1, -0.05) is 36.4 Å². The lowest BCUT2D eigenvalue weighted by Gasteiger charge is -2.15. The molecule has 4 aromatic rings. The van der Waals surface area contributed by atoms with Crippen molar-refractivity contribution in [3.8, 4) is 16.9 Å². The SMILES string of the molecule is COc1cc(NS(C)(=O)=O)ccc1-c1c2ccccc2nc2ccccc12. The molecule has 0 saturated heterocycles. The molecule has 0 radical (unpaired) electrons. The molecule has 136 valence electrons. The van der Waals surface area contributed by atoms with Crippen molar-refractivity contribution in [3.63, 3.8) is 0 Å². The summed E-state index contributed by atoms with van der Waals surface area (Å²) in [5, 5.41) is 2.02. The molecule has 0 amide bonds. The lowest BCUT2D eigenvalue weighted by Crippen LogP contribution is -2.09. The molecule has 5 nitrogen and oxygen atoms in total. The molecule has 1 heterocycles. The second-order valence-corrected chi connectivity index (χ2v) is 8.06. The first-order valence-electron chi connectivity index (χ1n) is 8.40. The Morgan fingerprint density at radius 1 is 0.889 bits per heavy atom. The van der Waals surface area contributed by atoms with Gasteiger partial charge in [0.15, 0.2) is 0 Å². The van der Waals surface area contributed by atoms with Crippen LogP contribution in [0.25, 0.3) is 32.9 Å². The number of ether oxygens (including phenoxy) is 1. The summed E-state index contributed by atoms with van der Waals surface area (Å²) in [6.45, 7) is 0. The Bertz CT molecular complexity index is 1210. The van der Waals surface area contributed by atoms with Crippen molar-refractivity contribution in [1.82, 2.24) is 4.98 Å². The van der Waals surface area contributed by atoms with Crippen molar-refractivity contribution in [2.75, 3.05) is 18.1 Å². The van der Waals surface area contributed by atoms with Crippen molar-refractivity contribution in [2.24, 2.45) is 0 Å². The summed E-state index contributed by atoms with van der Waals surface area (Å²) in [6, 6.07) is 21.2. The van der Waals surface area contributed by atoms with Crippen LogP contribution in [0, 0.1) is 0 Å². The maximum Gasteiger partial charge on any atom is 0.229 e. The normalized spacial score (nSPS) is 11.6. The van der Waals surface area contributed by atoms with Gasteiger partial charge >= 0.3 is 0 Å². The monoisotopic (exact) mass is 378 g/mol. The zero-order valence-electron chi connectivity index (χ0n) is 14.9. The molecule has 0 bridgehead atoms. The maximum atomic E-state index is 11.5. The molecule has 0 spiro atoms. The Morgan fingerprint density at radius 2 is 1.48 bits per heavy atom. The van der Waals surface area contributed by atoms with E-state index in [4.69, 9.17) is 9.72 Å².